The fourth-order valence-corrected chi connectivity index (χ4v) is 3.95. The molecule has 0 fully saturated rings. The summed E-state index contributed by atoms with van der Waals surface area (Å²) in [5.41, 5.74) is 9.36. The lowest BCUT2D eigenvalue weighted by atomic mass is 9.98. The van der Waals surface area contributed by atoms with E-state index >= 15 is 0 Å². The molecule has 7 heteroatoms. The van der Waals surface area contributed by atoms with Crippen LogP contribution in [-0.2, 0) is 11.2 Å². The molecule has 0 bridgehead atoms. The van der Waals surface area contributed by atoms with Crippen molar-refractivity contribution in [1.82, 2.24) is 20.3 Å². The van der Waals surface area contributed by atoms with Crippen molar-refractivity contribution in [3.05, 3.63) is 96.3 Å². The van der Waals surface area contributed by atoms with Gasteiger partial charge in [-0.2, -0.15) is 0 Å². The first-order valence-corrected chi connectivity index (χ1v) is 10.6. The third-order valence-electron chi connectivity index (χ3n) is 5.65. The first-order valence-electron chi connectivity index (χ1n) is 10.6. The molecule has 0 aliphatic heterocycles. The SMILES string of the molecule is NC(=O)[C@H](Cc1cccc2ccccc12)NC(=O)c1ccc2nc(-c3ccncc3)[nH]c2c1. The van der Waals surface area contributed by atoms with Crippen LogP contribution in [0.4, 0.5) is 0 Å². The Labute approximate surface area is 189 Å². The molecular formula is C26H21N5O2. The lowest BCUT2D eigenvalue weighted by Crippen LogP contribution is -2.45. The molecule has 0 aliphatic carbocycles. The first-order chi connectivity index (χ1) is 16.1. The Balaban J connectivity index is 1.39. The number of amides is 2. The number of nitrogens with two attached hydrogens (primary N) is 1. The van der Waals surface area contributed by atoms with E-state index in [0.29, 0.717) is 17.8 Å². The van der Waals surface area contributed by atoms with E-state index in [4.69, 9.17) is 5.73 Å². The minimum atomic E-state index is -0.840. The van der Waals surface area contributed by atoms with Gasteiger partial charge in [-0.15, -0.1) is 0 Å². The molecule has 2 heterocycles. The van der Waals surface area contributed by atoms with Crippen molar-refractivity contribution in [3.63, 3.8) is 0 Å². The Kier molecular flexibility index (Phi) is 5.28. The zero-order valence-electron chi connectivity index (χ0n) is 17.7. The van der Waals surface area contributed by atoms with Crippen LogP contribution in [0.5, 0.6) is 0 Å². The highest BCUT2D eigenvalue weighted by Crippen LogP contribution is 2.22. The number of primary amides is 1. The van der Waals surface area contributed by atoms with E-state index in [2.05, 4.69) is 20.3 Å². The van der Waals surface area contributed by atoms with Gasteiger partial charge in [0.2, 0.25) is 5.91 Å². The van der Waals surface area contributed by atoms with Crippen LogP contribution in [-0.4, -0.2) is 32.8 Å². The van der Waals surface area contributed by atoms with Crippen molar-refractivity contribution in [1.29, 1.82) is 0 Å². The van der Waals surface area contributed by atoms with Crippen LogP contribution in [0.1, 0.15) is 15.9 Å². The molecule has 0 unspecified atom stereocenters. The van der Waals surface area contributed by atoms with Gasteiger partial charge in [-0.3, -0.25) is 14.6 Å². The topological polar surface area (TPSA) is 114 Å². The summed E-state index contributed by atoms with van der Waals surface area (Å²) in [4.78, 5) is 37.0. The molecule has 3 aromatic carbocycles. The fraction of sp³-hybridized carbons (Fsp3) is 0.0769. The molecule has 5 rings (SSSR count). The quantitative estimate of drug-likeness (QED) is 0.378. The molecule has 4 N–H and O–H groups in total. The molecule has 33 heavy (non-hydrogen) atoms. The number of nitrogens with one attached hydrogen (secondary N) is 2. The van der Waals surface area contributed by atoms with E-state index in [0.717, 1.165) is 32.9 Å². The number of rotatable bonds is 6. The molecule has 162 valence electrons. The highest BCUT2D eigenvalue weighted by molar-refractivity contribution is 6.00. The number of H-pyrrole nitrogens is 1. The summed E-state index contributed by atoms with van der Waals surface area (Å²) in [7, 11) is 0. The van der Waals surface area contributed by atoms with Crippen LogP contribution in [0, 0.1) is 0 Å². The van der Waals surface area contributed by atoms with Gasteiger partial charge in [-0.25, -0.2) is 4.98 Å². The van der Waals surface area contributed by atoms with Crippen molar-refractivity contribution in [2.24, 2.45) is 5.73 Å². The Morgan fingerprint density at radius 2 is 1.76 bits per heavy atom. The standard InChI is InChI=1S/C26H21N5O2/c27-24(32)23(14-18-6-3-5-16-4-1-2-7-20(16)18)31-26(33)19-8-9-21-22(15-19)30-25(29-21)17-10-12-28-13-11-17/h1-13,15,23H,14H2,(H2,27,32)(H,29,30)(H,31,33)/t23-/m0/s1. The minimum Gasteiger partial charge on any atom is -0.368 e. The maximum absolute atomic E-state index is 13.0. The average Bonchev–Trinajstić information content (AvgIpc) is 3.28. The summed E-state index contributed by atoms with van der Waals surface area (Å²) in [5, 5.41) is 4.89. The Bertz CT molecular complexity index is 1470. The zero-order chi connectivity index (χ0) is 22.8. The monoisotopic (exact) mass is 435 g/mol. The summed E-state index contributed by atoms with van der Waals surface area (Å²) in [6.07, 6.45) is 3.70. The number of aromatic nitrogens is 3. The highest BCUT2D eigenvalue weighted by atomic mass is 16.2. The largest absolute Gasteiger partial charge is 0.368 e. The first kappa shape index (κ1) is 20.4. The summed E-state index contributed by atoms with van der Waals surface area (Å²) >= 11 is 0. The highest BCUT2D eigenvalue weighted by Gasteiger charge is 2.21. The number of fused-ring (bicyclic) bond motifs is 2. The third kappa shape index (κ3) is 4.16. The molecular weight excluding hydrogens is 414 g/mol. The summed E-state index contributed by atoms with van der Waals surface area (Å²) in [5.74, 6) is -0.268. The van der Waals surface area contributed by atoms with E-state index in [9.17, 15) is 9.59 Å². The van der Waals surface area contributed by atoms with Crippen molar-refractivity contribution in [2.75, 3.05) is 0 Å². The molecule has 5 aromatic rings. The second-order valence-electron chi connectivity index (χ2n) is 7.82. The summed E-state index contributed by atoms with van der Waals surface area (Å²) in [6.45, 7) is 0. The lowest BCUT2D eigenvalue weighted by Gasteiger charge is -2.17. The summed E-state index contributed by atoms with van der Waals surface area (Å²) in [6, 6.07) is 21.9. The van der Waals surface area contributed by atoms with Crippen LogP contribution in [0.15, 0.2) is 85.2 Å². The fourth-order valence-electron chi connectivity index (χ4n) is 3.95. The average molecular weight is 435 g/mol. The molecule has 2 aromatic heterocycles. The number of carbonyl (C=O) groups is 2. The molecule has 0 radical (unpaired) electrons. The van der Waals surface area contributed by atoms with Gasteiger partial charge in [0, 0.05) is 29.9 Å². The van der Waals surface area contributed by atoms with E-state index in [-0.39, 0.29) is 5.91 Å². The van der Waals surface area contributed by atoms with Crippen LogP contribution in [0.25, 0.3) is 33.2 Å². The minimum absolute atomic E-state index is 0.306. The molecule has 2 amide bonds. The molecule has 0 saturated carbocycles. The third-order valence-corrected chi connectivity index (χ3v) is 5.65. The van der Waals surface area contributed by atoms with Gasteiger partial charge in [0.25, 0.3) is 5.91 Å². The van der Waals surface area contributed by atoms with Gasteiger partial charge in [0.15, 0.2) is 0 Å². The van der Waals surface area contributed by atoms with Gasteiger partial charge >= 0.3 is 0 Å². The number of aromatic amines is 1. The van der Waals surface area contributed by atoms with E-state index in [1.54, 1.807) is 30.6 Å². The van der Waals surface area contributed by atoms with Crippen molar-refractivity contribution >= 4 is 33.6 Å². The van der Waals surface area contributed by atoms with Gasteiger partial charge in [0.05, 0.1) is 11.0 Å². The predicted octanol–water partition coefficient (Wildman–Crippen LogP) is 3.60. The van der Waals surface area contributed by atoms with Crippen LogP contribution in [0.3, 0.4) is 0 Å². The number of imidazole rings is 1. The number of hydrogen-bond acceptors (Lipinski definition) is 4. The van der Waals surface area contributed by atoms with Crippen LogP contribution >= 0.6 is 0 Å². The van der Waals surface area contributed by atoms with Crippen molar-refractivity contribution in [2.45, 2.75) is 12.5 Å². The molecule has 0 saturated heterocycles. The Morgan fingerprint density at radius 3 is 2.58 bits per heavy atom. The molecule has 7 nitrogen and oxygen atoms in total. The number of hydrogen-bond donors (Lipinski definition) is 3. The smallest absolute Gasteiger partial charge is 0.252 e. The van der Waals surface area contributed by atoms with Gasteiger partial charge in [0.1, 0.15) is 11.9 Å². The van der Waals surface area contributed by atoms with E-state index < -0.39 is 11.9 Å². The van der Waals surface area contributed by atoms with Gasteiger partial charge < -0.3 is 16.0 Å². The normalized spacial score (nSPS) is 12.0. The zero-order valence-corrected chi connectivity index (χ0v) is 17.7. The number of benzene rings is 3. The predicted molar refractivity (Wildman–Crippen MR) is 127 cm³/mol. The van der Waals surface area contributed by atoms with E-state index in [1.165, 1.54) is 0 Å². The maximum atomic E-state index is 13.0. The second-order valence-corrected chi connectivity index (χ2v) is 7.82. The molecule has 0 aliphatic rings. The van der Waals surface area contributed by atoms with Gasteiger partial charge in [-0.1, -0.05) is 42.5 Å². The molecule has 1 atom stereocenters. The van der Waals surface area contributed by atoms with Gasteiger partial charge in [-0.05, 0) is 46.7 Å². The molecule has 0 spiro atoms. The number of carbonyl (C=O) groups excluding carboxylic acids is 2. The maximum Gasteiger partial charge on any atom is 0.252 e. The van der Waals surface area contributed by atoms with Crippen LogP contribution < -0.4 is 11.1 Å². The van der Waals surface area contributed by atoms with Crippen LogP contribution in [0.2, 0.25) is 0 Å². The Morgan fingerprint density at radius 1 is 0.970 bits per heavy atom. The second kappa shape index (κ2) is 8.55. The summed E-state index contributed by atoms with van der Waals surface area (Å²) < 4.78 is 0. The number of nitrogens with zero attached hydrogens (tertiary/aromatic N) is 2. The van der Waals surface area contributed by atoms with E-state index in [1.807, 2.05) is 54.6 Å². The van der Waals surface area contributed by atoms with Crippen molar-refractivity contribution in [3.8, 4) is 11.4 Å². The lowest BCUT2D eigenvalue weighted by molar-refractivity contribution is -0.119. The Hall–Kier alpha value is -4.52. The number of pyridine rings is 1. The van der Waals surface area contributed by atoms with Crippen molar-refractivity contribution < 1.29 is 9.59 Å².